The molecule has 0 bridgehead atoms. The molecule has 0 heterocycles. The lowest BCUT2D eigenvalue weighted by Crippen LogP contribution is -2.59. The van der Waals surface area contributed by atoms with E-state index in [9.17, 15) is 9.90 Å². The summed E-state index contributed by atoms with van der Waals surface area (Å²) in [5.41, 5.74) is -0.676. The molecule has 3 unspecified atom stereocenters. The van der Waals surface area contributed by atoms with Crippen molar-refractivity contribution >= 4 is 5.97 Å². The molecule has 2 rings (SSSR count). The SMILES string of the molecule is CCC(C)N(CC)C1CCCC(NC2CC2)(C(=O)O)C1. The van der Waals surface area contributed by atoms with E-state index in [2.05, 4.69) is 31.0 Å². The summed E-state index contributed by atoms with van der Waals surface area (Å²) < 4.78 is 0. The van der Waals surface area contributed by atoms with Crippen LogP contribution in [0.5, 0.6) is 0 Å². The van der Waals surface area contributed by atoms with Crippen LogP contribution in [0.25, 0.3) is 0 Å². The Bertz CT molecular complexity index is 343. The largest absolute Gasteiger partial charge is 0.480 e. The molecule has 0 aromatic heterocycles. The van der Waals surface area contributed by atoms with E-state index in [1.807, 2.05) is 0 Å². The Balaban J connectivity index is 2.09. The fraction of sp³-hybridized carbons (Fsp3) is 0.938. The summed E-state index contributed by atoms with van der Waals surface area (Å²) in [5.74, 6) is -0.644. The summed E-state index contributed by atoms with van der Waals surface area (Å²) in [6.45, 7) is 7.67. The van der Waals surface area contributed by atoms with Crippen LogP contribution in [0.3, 0.4) is 0 Å². The zero-order valence-electron chi connectivity index (χ0n) is 13.2. The molecule has 0 radical (unpaired) electrons. The average molecular weight is 282 g/mol. The van der Waals surface area contributed by atoms with Gasteiger partial charge in [0.2, 0.25) is 0 Å². The molecule has 4 nitrogen and oxygen atoms in total. The zero-order chi connectivity index (χ0) is 14.8. The number of carboxylic acid groups (broad SMARTS) is 1. The predicted molar refractivity (Wildman–Crippen MR) is 80.9 cm³/mol. The molecule has 4 heteroatoms. The minimum absolute atomic E-state index is 0.408. The van der Waals surface area contributed by atoms with Gasteiger partial charge < -0.3 is 5.11 Å². The summed E-state index contributed by atoms with van der Waals surface area (Å²) in [5, 5.41) is 13.2. The maximum Gasteiger partial charge on any atom is 0.323 e. The van der Waals surface area contributed by atoms with Crippen molar-refractivity contribution < 1.29 is 9.90 Å². The minimum atomic E-state index is -0.676. The molecule has 2 N–H and O–H groups in total. The van der Waals surface area contributed by atoms with Crippen LogP contribution < -0.4 is 5.32 Å². The second kappa shape index (κ2) is 6.44. The van der Waals surface area contributed by atoms with Crippen molar-refractivity contribution in [2.45, 2.75) is 89.4 Å². The van der Waals surface area contributed by atoms with Gasteiger partial charge in [0.05, 0.1) is 0 Å². The minimum Gasteiger partial charge on any atom is -0.480 e. The van der Waals surface area contributed by atoms with Crippen LogP contribution in [0.15, 0.2) is 0 Å². The van der Waals surface area contributed by atoms with Gasteiger partial charge in [0.1, 0.15) is 5.54 Å². The normalized spacial score (nSPS) is 32.3. The van der Waals surface area contributed by atoms with Crippen molar-refractivity contribution in [1.29, 1.82) is 0 Å². The molecule has 0 amide bonds. The number of aliphatic carboxylic acids is 1. The molecule has 2 aliphatic carbocycles. The van der Waals surface area contributed by atoms with Crippen LogP contribution in [-0.2, 0) is 4.79 Å². The number of hydrogen-bond donors (Lipinski definition) is 2. The third kappa shape index (κ3) is 3.34. The van der Waals surface area contributed by atoms with Gasteiger partial charge in [0, 0.05) is 18.1 Å². The molecule has 2 saturated carbocycles. The summed E-state index contributed by atoms with van der Waals surface area (Å²) in [6.07, 6.45) is 7.11. The average Bonchev–Trinajstić information content (AvgIpc) is 3.23. The number of carboxylic acids is 1. The standard InChI is InChI=1S/C16H30N2O2/c1-4-12(3)18(5-2)14-7-6-10-16(11-14,15(19)20)17-13-8-9-13/h12-14,17H,4-11H2,1-3H3,(H,19,20). The van der Waals surface area contributed by atoms with E-state index in [1.54, 1.807) is 0 Å². The Morgan fingerprint density at radius 2 is 2.10 bits per heavy atom. The van der Waals surface area contributed by atoms with E-state index in [-0.39, 0.29) is 0 Å². The maximum atomic E-state index is 11.9. The molecule has 116 valence electrons. The van der Waals surface area contributed by atoms with E-state index in [0.29, 0.717) is 18.1 Å². The van der Waals surface area contributed by atoms with Gasteiger partial charge in [0.25, 0.3) is 0 Å². The highest BCUT2D eigenvalue weighted by Crippen LogP contribution is 2.35. The molecular formula is C16H30N2O2. The number of nitrogens with zero attached hydrogens (tertiary/aromatic N) is 1. The van der Waals surface area contributed by atoms with Gasteiger partial charge in [-0.05, 0) is 58.4 Å². The van der Waals surface area contributed by atoms with Gasteiger partial charge in [-0.2, -0.15) is 0 Å². The summed E-state index contributed by atoms with van der Waals surface area (Å²) in [4.78, 5) is 14.4. The summed E-state index contributed by atoms with van der Waals surface area (Å²) in [6, 6.07) is 1.39. The highest BCUT2D eigenvalue weighted by atomic mass is 16.4. The van der Waals surface area contributed by atoms with Crippen molar-refractivity contribution in [3.63, 3.8) is 0 Å². The molecule has 2 fully saturated rings. The third-order valence-corrected chi connectivity index (χ3v) is 5.18. The van der Waals surface area contributed by atoms with Gasteiger partial charge in [-0.3, -0.25) is 15.0 Å². The lowest BCUT2D eigenvalue weighted by Gasteiger charge is -2.44. The van der Waals surface area contributed by atoms with Crippen LogP contribution in [0.4, 0.5) is 0 Å². The van der Waals surface area contributed by atoms with Crippen LogP contribution >= 0.6 is 0 Å². The van der Waals surface area contributed by atoms with Gasteiger partial charge in [-0.15, -0.1) is 0 Å². The molecule has 0 aliphatic heterocycles. The molecule has 3 atom stereocenters. The molecular weight excluding hydrogens is 252 g/mol. The van der Waals surface area contributed by atoms with Crippen molar-refractivity contribution in [3.8, 4) is 0 Å². The first kappa shape index (κ1) is 15.8. The van der Waals surface area contributed by atoms with Gasteiger partial charge in [-0.1, -0.05) is 13.8 Å². The van der Waals surface area contributed by atoms with E-state index >= 15 is 0 Å². The second-order valence-corrected chi connectivity index (χ2v) is 6.64. The Labute approximate surface area is 122 Å². The van der Waals surface area contributed by atoms with Crippen molar-refractivity contribution in [3.05, 3.63) is 0 Å². The molecule has 2 aliphatic rings. The lowest BCUT2D eigenvalue weighted by atomic mass is 9.77. The smallest absolute Gasteiger partial charge is 0.323 e. The zero-order valence-corrected chi connectivity index (χ0v) is 13.2. The maximum absolute atomic E-state index is 11.9. The number of nitrogens with one attached hydrogen (secondary N) is 1. The Kier molecular flexibility index (Phi) is 5.08. The second-order valence-electron chi connectivity index (χ2n) is 6.64. The van der Waals surface area contributed by atoms with Crippen LogP contribution in [-0.4, -0.2) is 46.2 Å². The number of rotatable bonds is 7. The predicted octanol–water partition coefficient (Wildman–Crippen LogP) is 2.62. The summed E-state index contributed by atoms with van der Waals surface area (Å²) in [7, 11) is 0. The first-order valence-electron chi connectivity index (χ1n) is 8.29. The fourth-order valence-corrected chi connectivity index (χ4v) is 3.70. The molecule has 0 spiro atoms. The Morgan fingerprint density at radius 1 is 1.40 bits per heavy atom. The first-order valence-corrected chi connectivity index (χ1v) is 8.29. The fourth-order valence-electron chi connectivity index (χ4n) is 3.70. The van der Waals surface area contributed by atoms with Crippen LogP contribution in [0.2, 0.25) is 0 Å². The lowest BCUT2D eigenvalue weighted by molar-refractivity contribution is -0.147. The Hall–Kier alpha value is -0.610. The van der Waals surface area contributed by atoms with E-state index < -0.39 is 11.5 Å². The topological polar surface area (TPSA) is 52.6 Å². The van der Waals surface area contributed by atoms with Crippen LogP contribution in [0.1, 0.15) is 65.7 Å². The highest BCUT2D eigenvalue weighted by Gasteiger charge is 2.47. The number of hydrogen-bond acceptors (Lipinski definition) is 3. The van der Waals surface area contributed by atoms with E-state index in [4.69, 9.17) is 0 Å². The quantitative estimate of drug-likeness (QED) is 0.753. The number of carbonyl (C=O) groups is 1. The van der Waals surface area contributed by atoms with Crippen LogP contribution in [0, 0.1) is 0 Å². The van der Waals surface area contributed by atoms with Crippen molar-refractivity contribution in [2.24, 2.45) is 0 Å². The molecule has 20 heavy (non-hydrogen) atoms. The van der Waals surface area contributed by atoms with E-state index in [0.717, 1.165) is 51.5 Å². The first-order chi connectivity index (χ1) is 9.52. The highest BCUT2D eigenvalue weighted by molar-refractivity contribution is 5.79. The molecule has 0 aromatic rings. The monoisotopic (exact) mass is 282 g/mol. The van der Waals surface area contributed by atoms with Gasteiger partial charge in [0.15, 0.2) is 0 Å². The molecule has 0 saturated heterocycles. The third-order valence-electron chi connectivity index (χ3n) is 5.18. The van der Waals surface area contributed by atoms with Crippen molar-refractivity contribution in [1.82, 2.24) is 10.2 Å². The molecule has 0 aromatic carbocycles. The summed E-state index contributed by atoms with van der Waals surface area (Å²) >= 11 is 0. The van der Waals surface area contributed by atoms with E-state index in [1.165, 1.54) is 0 Å². The van der Waals surface area contributed by atoms with Gasteiger partial charge in [-0.25, -0.2) is 0 Å². The van der Waals surface area contributed by atoms with Crippen molar-refractivity contribution in [2.75, 3.05) is 6.54 Å². The Morgan fingerprint density at radius 3 is 2.60 bits per heavy atom. The van der Waals surface area contributed by atoms with Gasteiger partial charge >= 0.3 is 5.97 Å².